The smallest absolute Gasteiger partial charge is 0.138 e. The lowest BCUT2D eigenvalue weighted by Gasteiger charge is -2.14. The Labute approximate surface area is 80.8 Å². The van der Waals surface area contributed by atoms with Gasteiger partial charge in [-0.15, -0.1) is 10.2 Å². The summed E-state index contributed by atoms with van der Waals surface area (Å²) in [5.74, 6) is 0. The van der Waals surface area contributed by atoms with Crippen LogP contribution in [0.15, 0.2) is 25.3 Å². The summed E-state index contributed by atoms with van der Waals surface area (Å²) < 4.78 is 3.48. The second-order valence-electron chi connectivity index (χ2n) is 3.02. The van der Waals surface area contributed by atoms with E-state index in [1.807, 2.05) is 6.92 Å². The van der Waals surface area contributed by atoms with E-state index in [2.05, 4.69) is 25.7 Å². The van der Waals surface area contributed by atoms with Crippen molar-refractivity contribution in [3.63, 3.8) is 0 Å². The largest absolute Gasteiger partial charge is 0.319 e. The molecule has 2 heterocycles. The highest BCUT2D eigenvalue weighted by Crippen LogP contribution is 1.90. The molecule has 1 atom stereocenters. The van der Waals surface area contributed by atoms with Crippen LogP contribution in [0.25, 0.3) is 0 Å². The van der Waals surface area contributed by atoms with Crippen molar-refractivity contribution in [2.45, 2.75) is 19.5 Å². The van der Waals surface area contributed by atoms with Crippen molar-refractivity contribution in [3.8, 4) is 0 Å². The minimum absolute atomic E-state index is 0.229. The fraction of sp³-hybridized carbons (Fsp3) is 0.429. The summed E-state index contributed by atoms with van der Waals surface area (Å²) in [6.07, 6.45) is 6.42. The highest BCUT2D eigenvalue weighted by atomic mass is 15.5. The first-order chi connectivity index (χ1) is 6.84. The second kappa shape index (κ2) is 3.86. The molecule has 2 aromatic heterocycles. The van der Waals surface area contributed by atoms with Gasteiger partial charge >= 0.3 is 0 Å². The van der Waals surface area contributed by atoms with Gasteiger partial charge in [0.2, 0.25) is 0 Å². The zero-order valence-electron chi connectivity index (χ0n) is 7.78. The molecule has 0 aromatic carbocycles. The van der Waals surface area contributed by atoms with E-state index >= 15 is 0 Å². The third-order valence-corrected chi connectivity index (χ3v) is 1.72. The van der Waals surface area contributed by atoms with E-state index in [4.69, 9.17) is 0 Å². The van der Waals surface area contributed by atoms with Crippen molar-refractivity contribution in [1.29, 1.82) is 0 Å². The highest BCUT2D eigenvalue weighted by Gasteiger charge is 2.02. The minimum atomic E-state index is 0.229. The summed E-state index contributed by atoms with van der Waals surface area (Å²) in [5, 5.41) is 11.4. The van der Waals surface area contributed by atoms with Gasteiger partial charge in [0, 0.05) is 0 Å². The molecule has 74 valence electrons. The molecule has 0 aliphatic carbocycles. The van der Waals surface area contributed by atoms with Gasteiger partial charge in [0.25, 0.3) is 0 Å². The van der Waals surface area contributed by atoms with Crippen molar-refractivity contribution in [1.82, 2.24) is 29.6 Å². The average Bonchev–Trinajstić information content (AvgIpc) is 2.76. The third kappa shape index (κ3) is 2.06. The SMILES string of the molecule is CC(Cn1cncn1)Nn1cnnc1. The maximum Gasteiger partial charge on any atom is 0.138 e. The van der Waals surface area contributed by atoms with Crippen LogP contribution in [0.4, 0.5) is 0 Å². The van der Waals surface area contributed by atoms with Crippen molar-refractivity contribution in [3.05, 3.63) is 25.3 Å². The Balaban J connectivity index is 1.88. The molecule has 14 heavy (non-hydrogen) atoms. The van der Waals surface area contributed by atoms with E-state index in [0.717, 1.165) is 6.54 Å². The molecular weight excluding hydrogens is 182 g/mol. The Morgan fingerprint density at radius 3 is 2.71 bits per heavy atom. The van der Waals surface area contributed by atoms with E-state index in [1.165, 1.54) is 6.33 Å². The van der Waals surface area contributed by atoms with Gasteiger partial charge in [0.1, 0.15) is 25.3 Å². The van der Waals surface area contributed by atoms with Crippen LogP contribution in [0.2, 0.25) is 0 Å². The van der Waals surface area contributed by atoms with Crippen LogP contribution in [-0.4, -0.2) is 35.7 Å². The second-order valence-corrected chi connectivity index (χ2v) is 3.02. The first-order valence-corrected chi connectivity index (χ1v) is 4.28. The monoisotopic (exact) mass is 193 g/mol. The van der Waals surface area contributed by atoms with Crippen LogP contribution < -0.4 is 5.43 Å². The molecule has 0 saturated carbocycles. The lowest BCUT2D eigenvalue weighted by atomic mass is 10.4. The standard InChI is InChI=1S/C7H11N7/c1-7(2-13-4-8-3-11-13)12-14-5-9-10-6-14/h3-7,12H,2H2,1H3. The lowest BCUT2D eigenvalue weighted by molar-refractivity contribution is 0.527. The number of hydrogen-bond acceptors (Lipinski definition) is 5. The number of aromatic nitrogens is 6. The maximum absolute atomic E-state index is 4.01. The topological polar surface area (TPSA) is 73.5 Å². The van der Waals surface area contributed by atoms with Crippen LogP contribution in [0.1, 0.15) is 6.92 Å². The molecule has 0 radical (unpaired) electrons. The van der Waals surface area contributed by atoms with Gasteiger partial charge in [-0.25, -0.2) is 9.66 Å². The van der Waals surface area contributed by atoms with E-state index in [9.17, 15) is 0 Å². The summed E-state index contributed by atoms with van der Waals surface area (Å²) in [4.78, 5) is 3.86. The van der Waals surface area contributed by atoms with Gasteiger partial charge in [-0.05, 0) is 6.92 Å². The average molecular weight is 193 g/mol. The molecule has 0 aliphatic heterocycles. The minimum Gasteiger partial charge on any atom is -0.319 e. The molecule has 0 fully saturated rings. The van der Waals surface area contributed by atoms with E-state index in [1.54, 1.807) is 28.3 Å². The van der Waals surface area contributed by atoms with Gasteiger partial charge < -0.3 is 5.43 Å². The molecule has 1 unspecified atom stereocenters. The highest BCUT2D eigenvalue weighted by molar-refractivity contribution is 4.78. The summed E-state index contributed by atoms with van der Waals surface area (Å²) in [5.41, 5.74) is 3.16. The zero-order valence-corrected chi connectivity index (χ0v) is 7.78. The number of nitrogens with one attached hydrogen (secondary N) is 1. The molecule has 0 bridgehead atoms. The van der Waals surface area contributed by atoms with Crippen LogP contribution >= 0.6 is 0 Å². The lowest BCUT2D eigenvalue weighted by Crippen LogP contribution is -2.28. The third-order valence-electron chi connectivity index (χ3n) is 1.72. The van der Waals surface area contributed by atoms with Crippen LogP contribution in [0.5, 0.6) is 0 Å². The van der Waals surface area contributed by atoms with Crippen molar-refractivity contribution in [2.75, 3.05) is 5.43 Å². The predicted octanol–water partition coefficient (Wildman–Crippen LogP) is -0.498. The molecule has 2 aromatic rings. The summed E-state index contributed by atoms with van der Waals surface area (Å²) in [6, 6.07) is 0.229. The van der Waals surface area contributed by atoms with E-state index in [0.29, 0.717) is 0 Å². The Morgan fingerprint density at radius 2 is 2.07 bits per heavy atom. The predicted molar refractivity (Wildman–Crippen MR) is 48.9 cm³/mol. The molecule has 0 saturated heterocycles. The van der Waals surface area contributed by atoms with Gasteiger partial charge in [-0.2, -0.15) is 5.10 Å². The van der Waals surface area contributed by atoms with Crippen molar-refractivity contribution < 1.29 is 0 Å². The molecule has 0 spiro atoms. The Morgan fingerprint density at radius 1 is 1.29 bits per heavy atom. The number of nitrogens with zero attached hydrogens (tertiary/aromatic N) is 6. The van der Waals surface area contributed by atoms with Gasteiger partial charge in [0.15, 0.2) is 0 Å². The van der Waals surface area contributed by atoms with Crippen LogP contribution in [-0.2, 0) is 6.54 Å². The van der Waals surface area contributed by atoms with Crippen LogP contribution in [0, 0.1) is 0 Å². The number of hydrogen-bond donors (Lipinski definition) is 1. The molecule has 7 heteroatoms. The van der Waals surface area contributed by atoms with Gasteiger partial charge in [0.05, 0.1) is 12.6 Å². The Kier molecular flexibility index (Phi) is 2.39. The zero-order chi connectivity index (χ0) is 9.80. The summed E-state index contributed by atoms with van der Waals surface area (Å²) in [7, 11) is 0. The Bertz CT molecular complexity index is 315. The molecule has 7 nitrogen and oxygen atoms in total. The molecular formula is C7H11N7. The first-order valence-electron chi connectivity index (χ1n) is 4.28. The molecule has 0 aliphatic rings. The van der Waals surface area contributed by atoms with E-state index < -0.39 is 0 Å². The molecule has 0 amide bonds. The van der Waals surface area contributed by atoms with Gasteiger partial charge in [-0.1, -0.05) is 0 Å². The Hall–Kier alpha value is -1.92. The summed E-state index contributed by atoms with van der Waals surface area (Å²) in [6.45, 7) is 2.79. The van der Waals surface area contributed by atoms with Gasteiger partial charge in [-0.3, -0.25) is 4.68 Å². The fourth-order valence-corrected chi connectivity index (χ4v) is 1.17. The molecule has 2 rings (SSSR count). The number of rotatable bonds is 4. The van der Waals surface area contributed by atoms with Crippen molar-refractivity contribution >= 4 is 0 Å². The van der Waals surface area contributed by atoms with E-state index in [-0.39, 0.29) is 6.04 Å². The fourth-order valence-electron chi connectivity index (χ4n) is 1.17. The summed E-state index contributed by atoms with van der Waals surface area (Å²) >= 11 is 0. The normalized spacial score (nSPS) is 12.6. The molecule has 1 N–H and O–H groups in total. The van der Waals surface area contributed by atoms with Crippen LogP contribution in [0.3, 0.4) is 0 Å². The first kappa shape index (κ1) is 8.67. The van der Waals surface area contributed by atoms with Crippen molar-refractivity contribution in [2.24, 2.45) is 0 Å². The maximum atomic E-state index is 4.01. The quantitative estimate of drug-likeness (QED) is 0.708.